The molecular weight excluding hydrogens is 310 g/mol. The maximum atomic E-state index is 12.3. The van der Waals surface area contributed by atoms with Crippen LogP contribution >= 0.6 is 11.8 Å². The molecule has 23 heavy (non-hydrogen) atoms. The number of para-hydroxylation sites is 1. The first kappa shape index (κ1) is 17.1. The van der Waals surface area contributed by atoms with Gasteiger partial charge in [-0.3, -0.25) is 9.59 Å². The first-order valence-electron chi connectivity index (χ1n) is 7.23. The Balaban J connectivity index is 2.01. The number of carbonyl (C=O) groups is 2. The molecule has 0 aliphatic carbocycles. The lowest BCUT2D eigenvalue weighted by molar-refractivity contribution is -0.122. The number of rotatable bonds is 6. The van der Waals surface area contributed by atoms with Crippen LogP contribution in [0.4, 0.5) is 5.69 Å². The van der Waals surface area contributed by atoms with Crippen LogP contribution in [0.3, 0.4) is 0 Å². The monoisotopic (exact) mass is 329 g/mol. The van der Waals surface area contributed by atoms with Crippen molar-refractivity contribution in [3.63, 3.8) is 0 Å². The van der Waals surface area contributed by atoms with Crippen LogP contribution in [0.5, 0.6) is 5.75 Å². The Morgan fingerprint density at radius 1 is 1.09 bits per heavy atom. The van der Waals surface area contributed by atoms with Crippen LogP contribution in [-0.2, 0) is 4.79 Å². The molecule has 0 aromatic heterocycles. The first-order chi connectivity index (χ1) is 11.0. The van der Waals surface area contributed by atoms with Crippen LogP contribution in [0.1, 0.15) is 24.2 Å². The van der Waals surface area contributed by atoms with Gasteiger partial charge in [0, 0.05) is 10.5 Å². The second-order valence-corrected chi connectivity index (χ2v) is 5.88. The van der Waals surface area contributed by atoms with E-state index < -0.39 is 6.10 Å². The molecule has 120 valence electrons. The Morgan fingerprint density at radius 2 is 1.74 bits per heavy atom. The minimum absolute atomic E-state index is 0.00369. The highest BCUT2D eigenvalue weighted by Crippen LogP contribution is 2.25. The molecule has 5 heteroatoms. The minimum atomic E-state index is -0.645. The number of nitrogens with one attached hydrogen (secondary N) is 1. The average molecular weight is 329 g/mol. The van der Waals surface area contributed by atoms with Crippen LogP contribution in [0.25, 0.3) is 0 Å². The molecule has 0 heterocycles. The Morgan fingerprint density at radius 3 is 2.35 bits per heavy atom. The van der Waals surface area contributed by atoms with Crippen LogP contribution in [0.2, 0.25) is 0 Å². The van der Waals surface area contributed by atoms with Gasteiger partial charge in [-0.05, 0) is 56.5 Å². The van der Waals surface area contributed by atoms with E-state index in [1.165, 1.54) is 6.92 Å². The van der Waals surface area contributed by atoms with Gasteiger partial charge in [0.15, 0.2) is 11.9 Å². The SMILES string of the molecule is CSc1ccccc1NC(=O)[C@H](C)Oc1ccc(C(C)=O)cc1. The Kier molecular flexibility index (Phi) is 5.82. The van der Waals surface area contributed by atoms with E-state index in [9.17, 15) is 9.59 Å². The standard InChI is InChI=1S/C18H19NO3S/c1-12(20)14-8-10-15(11-9-14)22-13(2)18(21)19-16-6-4-5-7-17(16)23-3/h4-11,13H,1-3H3,(H,19,21)/t13-/m0/s1. The van der Waals surface area contributed by atoms with Crippen LogP contribution < -0.4 is 10.1 Å². The smallest absolute Gasteiger partial charge is 0.265 e. The molecule has 0 aliphatic heterocycles. The largest absolute Gasteiger partial charge is 0.481 e. The average Bonchev–Trinajstić information content (AvgIpc) is 2.55. The lowest BCUT2D eigenvalue weighted by atomic mass is 10.1. The van der Waals surface area contributed by atoms with Gasteiger partial charge in [0.25, 0.3) is 5.91 Å². The highest BCUT2D eigenvalue weighted by Gasteiger charge is 2.16. The second kappa shape index (κ2) is 7.83. The van der Waals surface area contributed by atoms with Gasteiger partial charge in [0.05, 0.1) is 5.69 Å². The molecule has 0 bridgehead atoms. The van der Waals surface area contributed by atoms with E-state index in [0.717, 1.165) is 10.6 Å². The van der Waals surface area contributed by atoms with Gasteiger partial charge in [-0.2, -0.15) is 0 Å². The third-order valence-electron chi connectivity index (χ3n) is 3.31. The van der Waals surface area contributed by atoms with Gasteiger partial charge in [-0.25, -0.2) is 0 Å². The van der Waals surface area contributed by atoms with Crippen molar-refractivity contribution in [3.8, 4) is 5.75 Å². The highest BCUT2D eigenvalue weighted by atomic mass is 32.2. The number of hydrogen-bond donors (Lipinski definition) is 1. The van der Waals surface area contributed by atoms with Crippen LogP contribution in [0, 0.1) is 0 Å². The Labute approximate surface area is 140 Å². The topological polar surface area (TPSA) is 55.4 Å². The van der Waals surface area contributed by atoms with Crippen molar-refractivity contribution in [3.05, 3.63) is 54.1 Å². The molecule has 2 aromatic rings. The summed E-state index contributed by atoms with van der Waals surface area (Å²) in [4.78, 5) is 24.5. The predicted molar refractivity (Wildman–Crippen MR) is 93.4 cm³/mol. The molecule has 4 nitrogen and oxygen atoms in total. The first-order valence-corrected chi connectivity index (χ1v) is 8.45. The predicted octanol–water partition coefficient (Wildman–Crippen LogP) is 4.02. The molecule has 1 amide bonds. The molecule has 0 saturated carbocycles. The molecular formula is C18H19NO3S. The fraction of sp³-hybridized carbons (Fsp3) is 0.222. The number of carbonyl (C=O) groups excluding carboxylic acids is 2. The summed E-state index contributed by atoms with van der Waals surface area (Å²) in [7, 11) is 0. The summed E-state index contributed by atoms with van der Waals surface area (Å²) >= 11 is 1.57. The molecule has 0 radical (unpaired) electrons. The van der Waals surface area contributed by atoms with E-state index in [4.69, 9.17) is 4.74 Å². The number of Topliss-reactive ketones (excluding diaryl/α,β-unsaturated/α-hetero) is 1. The maximum absolute atomic E-state index is 12.3. The van der Waals surface area contributed by atoms with Gasteiger partial charge in [0.2, 0.25) is 0 Å². The zero-order chi connectivity index (χ0) is 16.8. The molecule has 2 aromatic carbocycles. The molecule has 0 unspecified atom stereocenters. The number of ketones is 1. The summed E-state index contributed by atoms with van der Waals surface area (Å²) in [6.07, 6.45) is 1.31. The molecule has 0 fully saturated rings. The number of benzene rings is 2. The van der Waals surface area contributed by atoms with Gasteiger partial charge in [0.1, 0.15) is 5.75 Å². The fourth-order valence-corrected chi connectivity index (χ4v) is 2.56. The van der Waals surface area contributed by atoms with Gasteiger partial charge in [-0.1, -0.05) is 12.1 Å². The van der Waals surface area contributed by atoms with Crippen molar-refractivity contribution in [1.82, 2.24) is 0 Å². The zero-order valence-corrected chi connectivity index (χ0v) is 14.1. The van der Waals surface area contributed by atoms with Crippen molar-refractivity contribution >= 4 is 29.1 Å². The highest BCUT2D eigenvalue weighted by molar-refractivity contribution is 7.98. The van der Waals surface area contributed by atoms with Crippen LogP contribution in [-0.4, -0.2) is 24.1 Å². The van der Waals surface area contributed by atoms with E-state index in [0.29, 0.717) is 11.3 Å². The summed E-state index contributed by atoms with van der Waals surface area (Å²) in [5, 5.41) is 2.87. The summed E-state index contributed by atoms with van der Waals surface area (Å²) in [5.41, 5.74) is 1.38. The minimum Gasteiger partial charge on any atom is -0.481 e. The summed E-state index contributed by atoms with van der Waals surface area (Å²) in [5.74, 6) is 0.328. The normalized spacial score (nSPS) is 11.6. The third-order valence-corrected chi connectivity index (χ3v) is 4.10. The van der Waals surface area contributed by atoms with Gasteiger partial charge in [-0.15, -0.1) is 11.8 Å². The molecule has 0 spiro atoms. The number of anilines is 1. The summed E-state index contributed by atoms with van der Waals surface area (Å²) < 4.78 is 5.63. The second-order valence-electron chi connectivity index (χ2n) is 5.03. The van der Waals surface area contributed by atoms with Gasteiger partial charge < -0.3 is 10.1 Å². The van der Waals surface area contributed by atoms with Crippen molar-refractivity contribution in [2.24, 2.45) is 0 Å². The van der Waals surface area contributed by atoms with Crippen molar-refractivity contribution in [1.29, 1.82) is 0 Å². The fourth-order valence-electron chi connectivity index (χ4n) is 2.01. The number of thioether (sulfide) groups is 1. The summed E-state index contributed by atoms with van der Waals surface area (Å²) in [6.45, 7) is 3.20. The molecule has 0 saturated heterocycles. The van der Waals surface area contributed by atoms with E-state index in [2.05, 4.69) is 5.32 Å². The van der Waals surface area contributed by atoms with Crippen molar-refractivity contribution in [2.45, 2.75) is 24.8 Å². The molecule has 0 aliphatic rings. The van der Waals surface area contributed by atoms with Gasteiger partial charge >= 0.3 is 0 Å². The molecule has 2 rings (SSSR count). The number of amides is 1. The number of hydrogen-bond acceptors (Lipinski definition) is 4. The van der Waals surface area contributed by atoms with Crippen molar-refractivity contribution in [2.75, 3.05) is 11.6 Å². The molecule has 1 N–H and O–H groups in total. The van der Waals surface area contributed by atoms with Crippen molar-refractivity contribution < 1.29 is 14.3 Å². The third kappa shape index (κ3) is 4.60. The number of ether oxygens (including phenoxy) is 1. The lowest BCUT2D eigenvalue weighted by Gasteiger charge is -2.16. The van der Waals surface area contributed by atoms with E-state index in [-0.39, 0.29) is 11.7 Å². The van der Waals surface area contributed by atoms with E-state index in [1.54, 1.807) is 43.0 Å². The molecule has 1 atom stereocenters. The lowest BCUT2D eigenvalue weighted by Crippen LogP contribution is -2.30. The van der Waals surface area contributed by atoms with E-state index >= 15 is 0 Å². The quantitative estimate of drug-likeness (QED) is 0.642. The van der Waals surface area contributed by atoms with E-state index in [1.807, 2.05) is 30.5 Å². The zero-order valence-electron chi connectivity index (χ0n) is 13.3. The Hall–Kier alpha value is -2.27. The Bertz CT molecular complexity index is 698. The van der Waals surface area contributed by atoms with Crippen LogP contribution in [0.15, 0.2) is 53.4 Å². The maximum Gasteiger partial charge on any atom is 0.265 e. The summed E-state index contributed by atoms with van der Waals surface area (Å²) in [6, 6.07) is 14.4.